The molecule has 29 heavy (non-hydrogen) atoms. The first-order chi connectivity index (χ1) is 14.3. The van der Waals surface area contributed by atoms with Crippen molar-refractivity contribution < 1.29 is 9.84 Å². The Kier molecular flexibility index (Phi) is 8.58. The molecular formula is C27H34O2. The zero-order valence-electron chi connectivity index (χ0n) is 17.5. The van der Waals surface area contributed by atoms with Crippen LogP contribution in [-0.2, 0) is 4.74 Å². The molecule has 2 aromatic rings. The van der Waals surface area contributed by atoms with Gasteiger partial charge in [0.05, 0.1) is 6.26 Å². The number of aliphatic hydroxyl groups is 1. The highest BCUT2D eigenvalue weighted by molar-refractivity contribution is 5.25. The van der Waals surface area contributed by atoms with Gasteiger partial charge in [0.1, 0.15) is 6.10 Å². The Morgan fingerprint density at radius 2 is 1.69 bits per heavy atom. The van der Waals surface area contributed by atoms with Gasteiger partial charge in [-0.2, -0.15) is 0 Å². The second kappa shape index (κ2) is 11.6. The normalized spacial score (nSPS) is 20.2. The van der Waals surface area contributed by atoms with Gasteiger partial charge >= 0.3 is 0 Å². The predicted octanol–water partition coefficient (Wildman–Crippen LogP) is 7.30. The number of aliphatic hydroxyl groups excluding tert-OH is 1. The topological polar surface area (TPSA) is 29.5 Å². The van der Waals surface area contributed by atoms with E-state index >= 15 is 0 Å². The van der Waals surface area contributed by atoms with Gasteiger partial charge in [-0.25, -0.2) is 0 Å². The molecule has 0 spiro atoms. The summed E-state index contributed by atoms with van der Waals surface area (Å²) >= 11 is 0. The van der Waals surface area contributed by atoms with Gasteiger partial charge < -0.3 is 9.84 Å². The summed E-state index contributed by atoms with van der Waals surface area (Å²) in [5.74, 6) is 0.474. The number of rotatable bonds is 10. The van der Waals surface area contributed by atoms with E-state index in [9.17, 15) is 5.11 Å². The maximum atomic E-state index is 11.0. The Balaban J connectivity index is 1.68. The van der Waals surface area contributed by atoms with Gasteiger partial charge in [-0.05, 0) is 49.3 Å². The van der Waals surface area contributed by atoms with Gasteiger partial charge in [0.25, 0.3) is 0 Å². The third-order valence-corrected chi connectivity index (χ3v) is 5.76. The van der Waals surface area contributed by atoms with E-state index in [1.807, 2.05) is 66.9 Å². The molecule has 3 rings (SSSR count). The first kappa shape index (κ1) is 21.4. The number of unbranched alkanes of at least 4 members (excludes halogenated alkanes) is 3. The molecule has 3 atom stereocenters. The molecule has 0 heterocycles. The molecule has 0 aromatic heterocycles. The molecule has 0 amide bonds. The molecule has 2 nitrogen and oxygen atoms in total. The Morgan fingerprint density at radius 1 is 1.00 bits per heavy atom. The Hall–Kier alpha value is -2.32. The van der Waals surface area contributed by atoms with Crippen LogP contribution in [0.2, 0.25) is 0 Å². The summed E-state index contributed by atoms with van der Waals surface area (Å²) in [5, 5.41) is 11.0. The van der Waals surface area contributed by atoms with Crippen molar-refractivity contribution in [2.75, 3.05) is 0 Å². The number of ether oxygens (including phenoxy) is 1. The van der Waals surface area contributed by atoms with Crippen LogP contribution in [0, 0.1) is 5.92 Å². The molecule has 1 aliphatic rings. The molecule has 154 valence electrons. The van der Waals surface area contributed by atoms with E-state index in [1.54, 1.807) is 5.57 Å². The highest BCUT2D eigenvalue weighted by atomic mass is 16.5. The first-order valence-corrected chi connectivity index (χ1v) is 11.1. The smallest absolute Gasteiger partial charge is 0.153 e. The van der Waals surface area contributed by atoms with Crippen molar-refractivity contribution in [3.05, 3.63) is 95.8 Å². The maximum absolute atomic E-state index is 11.0. The molecule has 0 bridgehead atoms. The van der Waals surface area contributed by atoms with E-state index < -0.39 is 12.2 Å². The van der Waals surface area contributed by atoms with Crippen molar-refractivity contribution in [1.82, 2.24) is 0 Å². The molecule has 1 aliphatic carbocycles. The van der Waals surface area contributed by atoms with Crippen molar-refractivity contribution in [2.45, 2.75) is 64.1 Å². The molecular weight excluding hydrogens is 356 g/mol. The maximum Gasteiger partial charge on any atom is 0.153 e. The Morgan fingerprint density at radius 3 is 2.38 bits per heavy atom. The first-order valence-electron chi connectivity index (χ1n) is 11.1. The van der Waals surface area contributed by atoms with Crippen molar-refractivity contribution in [3.8, 4) is 0 Å². The van der Waals surface area contributed by atoms with E-state index in [-0.39, 0.29) is 0 Å². The fraction of sp³-hybridized carbons (Fsp3) is 0.407. The number of hydrogen-bond donors (Lipinski definition) is 1. The molecule has 0 radical (unpaired) electrons. The minimum atomic E-state index is -0.712. The van der Waals surface area contributed by atoms with Crippen LogP contribution >= 0.6 is 0 Å². The third kappa shape index (κ3) is 6.33. The highest BCUT2D eigenvalue weighted by Gasteiger charge is 2.24. The summed E-state index contributed by atoms with van der Waals surface area (Å²) in [4.78, 5) is 0. The second-order valence-corrected chi connectivity index (χ2v) is 7.92. The standard InChI is InChI=1S/C27H34O2/c1-2-3-4-7-13-22-18-12-19-23(22)20-21-29-27(25-16-10-6-11-17-25)26(28)24-14-8-5-9-15-24/h5-6,8-11,13-17,20-21,23,26-28H,2-4,7,12,18-19H2,1H3/b21-20+,22-13+/t23-,26-,27-/m1/s1. The van der Waals surface area contributed by atoms with Crippen LogP contribution in [0.4, 0.5) is 0 Å². The molecule has 0 saturated heterocycles. The van der Waals surface area contributed by atoms with E-state index in [2.05, 4.69) is 19.1 Å². The molecule has 2 heteroatoms. The molecule has 1 fully saturated rings. The minimum Gasteiger partial charge on any atom is -0.491 e. The fourth-order valence-corrected chi connectivity index (χ4v) is 4.08. The van der Waals surface area contributed by atoms with E-state index in [0.29, 0.717) is 5.92 Å². The molecule has 0 aliphatic heterocycles. The van der Waals surface area contributed by atoms with Crippen LogP contribution < -0.4 is 0 Å². The lowest BCUT2D eigenvalue weighted by atomic mass is 9.98. The van der Waals surface area contributed by atoms with Crippen LogP contribution in [0.15, 0.2) is 84.7 Å². The SMILES string of the molecule is CCCCC/C=C1\CCC[C@@H]1/C=C/O[C@H](c1ccccc1)[C@H](O)c1ccccc1. The molecule has 1 saturated carbocycles. The van der Waals surface area contributed by atoms with E-state index in [4.69, 9.17) is 4.74 Å². The van der Waals surface area contributed by atoms with Crippen molar-refractivity contribution in [2.24, 2.45) is 5.92 Å². The average molecular weight is 391 g/mol. The number of allylic oxidation sites excluding steroid dienone is 3. The summed E-state index contributed by atoms with van der Waals surface area (Å²) in [6, 6.07) is 19.7. The predicted molar refractivity (Wildman–Crippen MR) is 120 cm³/mol. The van der Waals surface area contributed by atoms with Crippen LogP contribution in [0.3, 0.4) is 0 Å². The van der Waals surface area contributed by atoms with E-state index in [0.717, 1.165) is 11.1 Å². The van der Waals surface area contributed by atoms with Gasteiger partial charge in [-0.1, -0.05) is 92.1 Å². The Bertz CT molecular complexity index is 764. The lowest BCUT2D eigenvalue weighted by Crippen LogP contribution is -2.12. The average Bonchev–Trinajstić information content (AvgIpc) is 3.22. The van der Waals surface area contributed by atoms with Gasteiger partial charge in [0.15, 0.2) is 6.10 Å². The summed E-state index contributed by atoms with van der Waals surface area (Å²) in [6.45, 7) is 2.25. The van der Waals surface area contributed by atoms with Crippen LogP contribution in [0.5, 0.6) is 0 Å². The van der Waals surface area contributed by atoms with Crippen molar-refractivity contribution in [3.63, 3.8) is 0 Å². The van der Waals surface area contributed by atoms with Crippen molar-refractivity contribution in [1.29, 1.82) is 0 Å². The number of hydrogen-bond acceptors (Lipinski definition) is 2. The second-order valence-electron chi connectivity index (χ2n) is 7.92. The lowest BCUT2D eigenvalue weighted by molar-refractivity contribution is 0.00575. The monoisotopic (exact) mass is 390 g/mol. The summed E-state index contributed by atoms with van der Waals surface area (Å²) in [6.07, 6.45) is 14.0. The van der Waals surface area contributed by atoms with Gasteiger partial charge in [0, 0.05) is 5.92 Å². The van der Waals surface area contributed by atoms with Gasteiger partial charge in [-0.15, -0.1) is 0 Å². The van der Waals surface area contributed by atoms with E-state index in [1.165, 1.54) is 44.9 Å². The third-order valence-electron chi connectivity index (χ3n) is 5.76. The summed E-state index contributed by atoms with van der Waals surface area (Å²) in [7, 11) is 0. The minimum absolute atomic E-state index is 0.423. The zero-order valence-corrected chi connectivity index (χ0v) is 17.5. The van der Waals surface area contributed by atoms with Crippen LogP contribution in [0.1, 0.15) is 75.2 Å². The quantitative estimate of drug-likeness (QED) is 0.262. The van der Waals surface area contributed by atoms with Crippen molar-refractivity contribution >= 4 is 0 Å². The number of benzene rings is 2. The molecule has 0 unspecified atom stereocenters. The molecule has 1 N–H and O–H groups in total. The zero-order chi connectivity index (χ0) is 20.3. The van der Waals surface area contributed by atoms with Crippen LogP contribution in [0.25, 0.3) is 0 Å². The van der Waals surface area contributed by atoms with Gasteiger partial charge in [-0.3, -0.25) is 0 Å². The largest absolute Gasteiger partial charge is 0.491 e. The van der Waals surface area contributed by atoms with Crippen LogP contribution in [-0.4, -0.2) is 5.11 Å². The molecule has 2 aromatic carbocycles. The highest BCUT2D eigenvalue weighted by Crippen LogP contribution is 2.35. The summed E-state index contributed by atoms with van der Waals surface area (Å²) < 4.78 is 6.14. The fourth-order valence-electron chi connectivity index (χ4n) is 4.08. The van der Waals surface area contributed by atoms with Gasteiger partial charge in [0.2, 0.25) is 0 Å². The lowest BCUT2D eigenvalue weighted by Gasteiger charge is -2.23. The summed E-state index contributed by atoms with van der Waals surface area (Å²) in [5.41, 5.74) is 3.41. The Labute approximate surface area is 175 Å².